The molecule has 2 rings (SSSR count). The van der Waals surface area contributed by atoms with E-state index in [2.05, 4.69) is 0 Å². The van der Waals surface area contributed by atoms with Gasteiger partial charge in [0.1, 0.15) is 16.5 Å². The second-order valence-electron chi connectivity index (χ2n) is 4.56. The van der Waals surface area contributed by atoms with Crippen LogP contribution in [0.25, 0.3) is 0 Å². The molecule has 0 radical (unpaired) electrons. The molecular weight excluding hydrogens is 286 g/mol. The number of nitrogens with two attached hydrogens (primary N) is 1. The molecule has 2 aromatic rings. The number of rotatable bonds is 4. The maximum Gasteiger partial charge on any atom is 0.270 e. The predicted molar refractivity (Wildman–Crippen MR) is 70.7 cm³/mol. The number of hydrogen-bond donors (Lipinski definition) is 1. The van der Waals surface area contributed by atoms with Crippen LogP contribution >= 0.6 is 0 Å². The molecule has 0 aliphatic carbocycles. The molecular formula is C13H14F2N2O2S. The molecule has 108 valence electrons. The van der Waals surface area contributed by atoms with Gasteiger partial charge in [0.2, 0.25) is 0 Å². The fraction of sp³-hybridized carbons (Fsp3) is 0.231. The van der Waals surface area contributed by atoms with E-state index in [1.165, 1.54) is 12.3 Å². The standard InChI is InChI=1S/C13H14F2N2O2S/c1-9(16)7-11-3-2-6-17(11)20(18,19)13-5-4-10(14)8-12(13)15/h2-6,8-9H,7,16H2,1H3. The molecule has 0 amide bonds. The summed E-state index contributed by atoms with van der Waals surface area (Å²) < 4.78 is 52.3. The van der Waals surface area contributed by atoms with Gasteiger partial charge in [0, 0.05) is 30.4 Å². The summed E-state index contributed by atoms with van der Waals surface area (Å²) in [6.07, 6.45) is 1.64. The molecule has 2 N–H and O–H groups in total. The summed E-state index contributed by atoms with van der Waals surface area (Å²) in [5.74, 6) is -1.95. The van der Waals surface area contributed by atoms with Gasteiger partial charge in [-0.25, -0.2) is 21.2 Å². The van der Waals surface area contributed by atoms with Gasteiger partial charge in [-0.05, 0) is 31.2 Å². The molecule has 1 heterocycles. The Morgan fingerprint density at radius 3 is 2.60 bits per heavy atom. The fourth-order valence-electron chi connectivity index (χ4n) is 1.91. The minimum atomic E-state index is -4.10. The van der Waals surface area contributed by atoms with Crippen LogP contribution in [0, 0.1) is 11.6 Å². The minimum absolute atomic E-state index is 0.239. The van der Waals surface area contributed by atoms with Crippen LogP contribution in [0.3, 0.4) is 0 Å². The molecule has 4 nitrogen and oxygen atoms in total. The average Bonchev–Trinajstić information content (AvgIpc) is 2.76. The molecule has 1 unspecified atom stereocenters. The first-order chi connectivity index (χ1) is 9.32. The topological polar surface area (TPSA) is 65.1 Å². The Hall–Kier alpha value is -1.73. The summed E-state index contributed by atoms with van der Waals surface area (Å²) in [6.45, 7) is 1.74. The lowest BCUT2D eigenvalue weighted by Gasteiger charge is -2.12. The van der Waals surface area contributed by atoms with E-state index < -0.39 is 26.6 Å². The Kier molecular flexibility index (Phi) is 3.92. The van der Waals surface area contributed by atoms with Crippen molar-refractivity contribution in [1.29, 1.82) is 0 Å². The predicted octanol–water partition coefficient (Wildman–Crippen LogP) is 1.89. The summed E-state index contributed by atoms with van der Waals surface area (Å²) in [5.41, 5.74) is 6.10. The Morgan fingerprint density at radius 1 is 1.30 bits per heavy atom. The molecule has 0 aliphatic heterocycles. The lowest BCUT2D eigenvalue weighted by Crippen LogP contribution is -2.23. The highest BCUT2D eigenvalue weighted by molar-refractivity contribution is 7.90. The first-order valence-electron chi connectivity index (χ1n) is 5.95. The van der Waals surface area contributed by atoms with Gasteiger partial charge in [0.05, 0.1) is 0 Å². The summed E-state index contributed by atoms with van der Waals surface area (Å²) in [5, 5.41) is 0. The van der Waals surface area contributed by atoms with E-state index in [0.29, 0.717) is 18.2 Å². The van der Waals surface area contributed by atoms with E-state index in [4.69, 9.17) is 5.73 Å². The summed E-state index contributed by atoms with van der Waals surface area (Å²) in [7, 11) is -4.10. The van der Waals surface area contributed by atoms with Gasteiger partial charge in [0.25, 0.3) is 10.0 Å². The van der Waals surface area contributed by atoms with Crippen LogP contribution in [-0.4, -0.2) is 18.4 Å². The number of halogens is 2. The van der Waals surface area contributed by atoms with E-state index >= 15 is 0 Å². The highest BCUT2D eigenvalue weighted by Gasteiger charge is 2.23. The highest BCUT2D eigenvalue weighted by atomic mass is 32.2. The fourth-order valence-corrected chi connectivity index (χ4v) is 3.35. The van der Waals surface area contributed by atoms with Crippen molar-refractivity contribution in [2.75, 3.05) is 0 Å². The molecule has 0 aliphatic rings. The maximum absolute atomic E-state index is 13.7. The van der Waals surface area contributed by atoms with Gasteiger partial charge in [-0.15, -0.1) is 0 Å². The Morgan fingerprint density at radius 2 is 2.00 bits per heavy atom. The van der Waals surface area contributed by atoms with Crippen LogP contribution in [0.5, 0.6) is 0 Å². The normalized spacial score (nSPS) is 13.4. The molecule has 7 heteroatoms. The van der Waals surface area contributed by atoms with E-state index in [-0.39, 0.29) is 6.04 Å². The minimum Gasteiger partial charge on any atom is -0.328 e. The lowest BCUT2D eigenvalue weighted by molar-refractivity contribution is 0.544. The molecule has 1 atom stereocenters. The third kappa shape index (κ3) is 2.73. The van der Waals surface area contributed by atoms with Gasteiger partial charge >= 0.3 is 0 Å². The van der Waals surface area contributed by atoms with E-state index in [1.54, 1.807) is 13.0 Å². The zero-order valence-electron chi connectivity index (χ0n) is 10.8. The zero-order chi connectivity index (χ0) is 14.9. The molecule has 1 aromatic heterocycles. The molecule has 0 saturated carbocycles. The quantitative estimate of drug-likeness (QED) is 0.938. The van der Waals surface area contributed by atoms with Gasteiger partial charge in [-0.3, -0.25) is 0 Å². The van der Waals surface area contributed by atoms with Gasteiger partial charge in [-0.2, -0.15) is 0 Å². The third-order valence-corrected chi connectivity index (χ3v) is 4.52. The van der Waals surface area contributed by atoms with Crippen molar-refractivity contribution >= 4 is 10.0 Å². The van der Waals surface area contributed by atoms with Gasteiger partial charge in [0.15, 0.2) is 0 Å². The van der Waals surface area contributed by atoms with Crippen molar-refractivity contribution in [2.45, 2.75) is 24.3 Å². The third-order valence-electron chi connectivity index (χ3n) is 2.76. The SMILES string of the molecule is CC(N)Cc1cccn1S(=O)(=O)c1ccc(F)cc1F. The van der Waals surface area contributed by atoms with Crippen LogP contribution in [0.1, 0.15) is 12.6 Å². The summed E-state index contributed by atoms with van der Waals surface area (Å²) in [6, 6.07) is 5.26. The van der Waals surface area contributed by atoms with E-state index in [0.717, 1.165) is 16.1 Å². The van der Waals surface area contributed by atoms with Crippen molar-refractivity contribution < 1.29 is 17.2 Å². The number of aromatic nitrogens is 1. The monoisotopic (exact) mass is 300 g/mol. The Labute approximate surface area is 115 Å². The molecule has 0 bridgehead atoms. The molecule has 20 heavy (non-hydrogen) atoms. The van der Waals surface area contributed by atoms with Crippen LogP contribution in [0.2, 0.25) is 0 Å². The van der Waals surface area contributed by atoms with Crippen molar-refractivity contribution in [3.05, 3.63) is 53.9 Å². The number of benzene rings is 1. The van der Waals surface area contributed by atoms with Crippen molar-refractivity contribution in [1.82, 2.24) is 3.97 Å². The molecule has 1 aromatic carbocycles. The van der Waals surface area contributed by atoms with E-state index in [9.17, 15) is 17.2 Å². The highest BCUT2D eigenvalue weighted by Crippen LogP contribution is 2.21. The number of hydrogen-bond acceptors (Lipinski definition) is 3. The van der Waals surface area contributed by atoms with Crippen LogP contribution in [-0.2, 0) is 16.4 Å². The van der Waals surface area contributed by atoms with Crippen molar-refractivity contribution in [2.24, 2.45) is 5.73 Å². The largest absolute Gasteiger partial charge is 0.328 e. The smallest absolute Gasteiger partial charge is 0.270 e. The number of nitrogens with zero attached hydrogens (tertiary/aromatic N) is 1. The zero-order valence-corrected chi connectivity index (χ0v) is 11.6. The summed E-state index contributed by atoms with van der Waals surface area (Å²) in [4.78, 5) is -0.568. The van der Waals surface area contributed by atoms with Crippen LogP contribution in [0.4, 0.5) is 8.78 Å². The van der Waals surface area contributed by atoms with Crippen molar-refractivity contribution in [3.63, 3.8) is 0 Å². The molecule has 0 fully saturated rings. The Bertz CT molecular complexity index is 724. The average molecular weight is 300 g/mol. The van der Waals surface area contributed by atoms with Crippen molar-refractivity contribution in [3.8, 4) is 0 Å². The molecule has 0 spiro atoms. The first kappa shape index (κ1) is 14.7. The second kappa shape index (κ2) is 5.34. The van der Waals surface area contributed by atoms with Gasteiger partial charge in [-0.1, -0.05) is 0 Å². The van der Waals surface area contributed by atoms with Crippen LogP contribution < -0.4 is 5.73 Å². The molecule has 0 saturated heterocycles. The maximum atomic E-state index is 13.7. The lowest BCUT2D eigenvalue weighted by atomic mass is 10.2. The van der Waals surface area contributed by atoms with Crippen LogP contribution in [0.15, 0.2) is 41.4 Å². The van der Waals surface area contributed by atoms with Gasteiger partial charge < -0.3 is 5.73 Å². The summed E-state index contributed by atoms with van der Waals surface area (Å²) >= 11 is 0. The first-order valence-corrected chi connectivity index (χ1v) is 7.39. The van der Waals surface area contributed by atoms with E-state index in [1.807, 2.05) is 0 Å². The second-order valence-corrected chi connectivity index (χ2v) is 6.34. The Balaban J connectivity index is 2.53.